The first kappa shape index (κ1) is 15.8. The second-order valence-corrected chi connectivity index (χ2v) is 6.82. The molecule has 1 N–H and O–H groups in total. The van der Waals surface area contributed by atoms with Gasteiger partial charge in [-0.25, -0.2) is 8.42 Å². The van der Waals surface area contributed by atoms with Crippen LogP contribution in [0.5, 0.6) is 0 Å². The number of carbonyl (C=O) groups is 1. The standard InChI is InChI=1S/C14H11Cl2NO3S/c15-9-14(18)17-11-4-6-12(7-5-11)21(19,20)13-3-1-2-10(16)8-13/h1-8H,9H2,(H,17,18). The lowest BCUT2D eigenvalue weighted by atomic mass is 10.3. The highest BCUT2D eigenvalue weighted by Crippen LogP contribution is 2.24. The van der Waals surface area contributed by atoms with Gasteiger partial charge in [-0.1, -0.05) is 17.7 Å². The molecule has 0 radical (unpaired) electrons. The number of amides is 1. The molecule has 0 fully saturated rings. The van der Waals surface area contributed by atoms with E-state index in [1.165, 1.54) is 36.4 Å². The van der Waals surface area contributed by atoms with Gasteiger partial charge in [-0.2, -0.15) is 0 Å². The topological polar surface area (TPSA) is 63.2 Å². The van der Waals surface area contributed by atoms with Crippen molar-refractivity contribution >= 4 is 44.6 Å². The fourth-order valence-electron chi connectivity index (χ4n) is 1.68. The van der Waals surface area contributed by atoms with Gasteiger partial charge in [0.15, 0.2) is 0 Å². The van der Waals surface area contributed by atoms with Crippen LogP contribution in [0.4, 0.5) is 5.69 Å². The van der Waals surface area contributed by atoms with Crippen LogP contribution in [0, 0.1) is 0 Å². The van der Waals surface area contributed by atoms with Gasteiger partial charge in [-0.15, -0.1) is 11.6 Å². The van der Waals surface area contributed by atoms with E-state index in [4.69, 9.17) is 23.2 Å². The monoisotopic (exact) mass is 343 g/mol. The Morgan fingerprint density at radius 1 is 1.05 bits per heavy atom. The third-order valence-electron chi connectivity index (χ3n) is 2.68. The SMILES string of the molecule is O=C(CCl)Nc1ccc(S(=O)(=O)c2cccc(Cl)c2)cc1. The fraction of sp³-hybridized carbons (Fsp3) is 0.0714. The molecule has 21 heavy (non-hydrogen) atoms. The predicted octanol–water partition coefficient (Wildman–Crippen LogP) is 3.35. The molecule has 0 bridgehead atoms. The van der Waals surface area contributed by atoms with Crippen molar-refractivity contribution < 1.29 is 13.2 Å². The number of halogens is 2. The molecule has 0 aromatic heterocycles. The number of hydrogen-bond donors (Lipinski definition) is 1. The van der Waals surface area contributed by atoms with E-state index in [2.05, 4.69) is 5.32 Å². The van der Waals surface area contributed by atoms with Crippen molar-refractivity contribution in [3.05, 3.63) is 53.6 Å². The maximum atomic E-state index is 12.4. The molecule has 0 spiro atoms. The quantitative estimate of drug-likeness (QED) is 0.865. The summed E-state index contributed by atoms with van der Waals surface area (Å²) >= 11 is 11.2. The van der Waals surface area contributed by atoms with Crippen molar-refractivity contribution in [2.45, 2.75) is 9.79 Å². The highest BCUT2D eigenvalue weighted by Gasteiger charge is 2.17. The lowest BCUT2D eigenvalue weighted by Crippen LogP contribution is -2.12. The van der Waals surface area contributed by atoms with Crippen molar-refractivity contribution in [2.75, 3.05) is 11.2 Å². The summed E-state index contributed by atoms with van der Waals surface area (Å²) in [7, 11) is -3.64. The summed E-state index contributed by atoms with van der Waals surface area (Å²) in [5, 5.41) is 2.88. The molecule has 0 atom stereocenters. The number of anilines is 1. The van der Waals surface area contributed by atoms with Crippen LogP contribution in [0.2, 0.25) is 5.02 Å². The lowest BCUT2D eigenvalue weighted by Gasteiger charge is -2.07. The Labute approximate surface area is 132 Å². The molecule has 0 saturated carbocycles. The first-order valence-corrected chi connectivity index (χ1v) is 8.29. The summed E-state index contributed by atoms with van der Waals surface area (Å²) in [6, 6.07) is 11.9. The first-order valence-electron chi connectivity index (χ1n) is 5.90. The minimum atomic E-state index is -3.64. The maximum absolute atomic E-state index is 12.4. The second kappa shape index (κ2) is 6.47. The minimum absolute atomic E-state index is 0.118. The van der Waals surface area contributed by atoms with Crippen molar-refractivity contribution in [1.29, 1.82) is 0 Å². The van der Waals surface area contributed by atoms with E-state index in [9.17, 15) is 13.2 Å². The molecule has 7 heteroatoms. The molecule has 0 aliphatic heterocycles. The average molecular weight is 344 g/mol. The van der Waals surface area contributed by atoms with Crippen molar-refractivity contribution in [3.8, 4) is 0 Å². The third kappa shape index (κ3) is 3.75. The van der Waals surface area contributed by atoms with Gasteiger partial charge >= 0.3 is 0 Å². The first-order chi connectivity index (χ1) is 9.93. The summed E-state index contributed by atoms with van der Waals surface area (Å²) in [5.41, 5.74) is 0.477. The van der Waals surface area contributed by atoms with Gasteiger partial charge < -0.3 is 5.32 Å². The van der Waals surface area contributed by atoms with E-state index in [-0.39, 0.29) is 21.6 Å². The zero-order valence-electron chi connectivity index (χ0n) is 10.7. The molecular weight excluding hydrogens is 333 g/mol. The van der Waals surface area contributed by atoms with E-state index < -0.39 is 9.84 Å². The normalized spacial score (nSPS) is 11.1. The van der Waals surface area contributed by atoms with Crippen LogP contribution < -0.4 is 5.32 Å². The number of carbonyl (C=O) groups excluding carboxylic acids is 1. The zero-order valence-corrected chi connectivity index (χ0v) is 13.0. The summed E-state index contributed by atoms with van der Waals surface area (Å²) in [4.78, 5) is 11.4. The van der Waals surface area contributed by atoms with E-state index in [0.717, 1.165) is 0 Å². The Kier molecular flexibility index (Phi) is 4.88. The molecular formula is C14H11Cl2NO3S. The number of alkyl halides is 1. The molecule has 1 amide bonds. The van der Waals surface area contributed by atoms with E-state index in [1.807, 2.05) is 0 Å². The molecule has 2 aromatic carbocycles. The highest BCUT2D eigenvalue weighted by molar-refractivity contribution is 7.91. The van der Waals surface area contributed by atoms with Gasteiger partial charge in [0.1, 0.15) is 5.88 Å². The van der Waals surface area contributed by atoms with Crippen LogP contribution in [0.25, 0.3) is 0 Å². The van der Waals surface area contributed by atoms with Crippen LogP contribution in [0.1, 0.15) is 0 Å². The number of benzene rings is 2. The minimum Gasteiger partial charge on any atom is -0.325 e. The van der Waals surface area contributed by atoms with E-state index >= 15 is 0 Å². The molecule has 2 rings (SSSR count). The van der Waals surface area contributed by atoms with Crippen LogP contribution >= 0.6 is 23.2 Å². The van der Waals surface area contributed by atoms with Crippen molar-refractivity contribution in [1.82, 2.24) is 0 Å². The molecule has 0 saturated heterocycles. The van der Waals surface area contributed by atoms with Crippen molar-refractivity contribution in [2.24, 2.45) is 0 Å². The molecule has 0 unspecified atom stereocenters. The van der Waals surface area contributed by atoms with Crippen LogP contribution in [-0.2, 0) is 14.6 Å². The maximum Gasteiger partial charge on any atom is 0.239 e. The molecule has 0 aliphatic rings. The highest BCUT2D eigenvalue weighted by atomic mass is 35.5. The number of rotatable bonds is 4. The van der Waals surface area contributed by atoms with E-state index in [1.54, 1.807) is 12.1 Å². The zero-order chi connectivity index (χ0) is 15.5. The summed E-state index contributed by atoms with van der Waals surface area (Å²) in [6.45, 7) is 0. The number of hydrogen-bond acceptors (Lipinski definition) is 3. The Bertz CT molecular complexity index is 758. The average Bonchev–Trinajstić information content (AvgIpc) is 2.47. The van der Waals surface area contributed by atoms with Crippen LogP contribution in [0.15, 0.2) is 58.3 Å². The van der Waals surface area contributed by atoms with Gasteiger partial charge in [0.2, 0.25) is 15.7 Å². The van der Waals surface area contributed by atoms with Crippen molar-refractivity contribution in [3.63, 3.8) is 0 Å². The van der Waals surface area contributed by atoms with Gasteiger partial charge in [-0.3, -0.25) is 4.79 Å². The van der Waals surface area contributed by atoms with Crippen LogP contribution in [0.3, 0.4) is 0 Å². The largest absolute Gasteiger partial charge is 0.325 e. The number of nitrogens with one attached hydrogen (secondary N) is 1. The summed E-state index contributed by atoms with van der Waals surface area (Å²) in [5.74, 6) is -0.523. The Morgan fingerprint density at radius 3 is 2.29 bits per heavy atom. The lowest BCUT2D eigenvalue weighted by molar-refractivity contribution is -0.113. The molecule has 2 aromatic rings. The Morgan fingerprint density at radius 2 is 1.71 bits per heavy atom. The Hall–Kier alpha value is -1.56. The molecule has 110 valence electrons. The van der Waals surface area contributed by atoms with Gasteiger partial charge in [-0.05, 0) is 42.5 Å². The van der Waals surface area contributed by atoms with Crippen LogP contribution in [-0.4, -0.2) is 20.2 Å². The van der Waals surface area contributed by atoms with Gasteiger partial charge in [0.05, 0.1) is 9.79 Å². The summed E-state index contributed by atoms with van der Waals surface area (Å²) < 4.78 is 24.8. The number of sulfone groups is 1. The smallest absolute Gasteiger partial charge is 0.239 e. The molecule has 0 heterocycles. The second-order valence-electron chi connectivity index (χ2n) is 4.17. The van der Waals surface area contributed by atoms with E-state index in [0.29, 0.717) is 10.7 Å². The summed E-state index contributed by atoms with van der Waals surface area (Å²) in [6.07, 6.45) is 0. The van der Waals surface area contributed by atoms with Gasteiger partial charge in [0.25, 0.3) is 0 Å². The predicted molar refractivity (Wildman–Crippen MR) is 82.7 cm³/mol. The Balaban J connectivity index is 2.31. The van der Waals surface area contributed by atoms with Gasteiger partial charge in [0, 0.05) is 10.7 Å². The molecule has 4 nitrogen and oxygen atoms in total. The fourth-order valence-corrected chi connectivity index (χ4v) is 3.31. The molecule has 0 aliphatic carbocycles. The third-order valence-corrected chi connectivity index (χ3v) is 4.92.